The van der Waals surface area contributed by atoms with Crippen molar-refractivity contribution >= 4 is 40.8 Å². The Kier molecular flexibility index (Phi) is 5.70. The van der Waals surface area contributed by atoms with Gasteiger partial charge in [-0.05, 0) is 43.7 Å². The summed E-state index contributed by atoms with van der Waals surface area (Å²) >= 11 is 11.7. The number of anilines is 1. The predicted octanol–water partition coefficient (Wildman–Crippen LogP) is 4.19. The molecule has 0 heterocycles. The van der Waals surface area contributed by atoms with E-state index in [2.05, 4.69) is 5.32 Å². The van der Waals surface area contributed by atoms with Gasteiger partial charge in [0.05, 0.1) is 0 Å². The average Bonchev–Trinajstić information content (AvgIpc) is 2.48. The summed E-state index contributed by atoms with van der Waals surface area (Å²) in [5.74, 6) is -1.51. The molecule has 0 saturated heterocycles. The van der Waals surface area contributed by atoms with E-state index >= 15 is 0 Å². The molecular weight excluding hydrogens is 353 g/mol. The Labute approximate surface area is 149 Å². The van der Waals surface area contributed by atoms with Gasteiger partial charge in [-0.25, -0.2) is 4.79 Å². The van der Waals surface area contributed by atoms with Crippen LogP contribution >= 0.6 is 23.2 Å². The molecule has 0 bridgehead atoms. The lowest BCUT2D eigenvalue weighted by Gasteiger charge is -2.14. The maximum Gasteiger partial charge on any atom is 0.342 e. The molecule has 0 spiro atoms. The van der Waals surface area contributed by atoms with Crippen molar-refractivity contribution in [1.29, 1.82) is 0 Å². The molecule has 24 heavy (non-hydrogen) atoms. The first-order chi connectivity index (χ1) is 11.3. The number of aromatic hydroxyl groups is 1. The van der Waals surface area contributed by atoms with Crippen LogP contribution in [-0.4, -0.2) is 23.1 Å². The highest BCUT2D eigenvalue weighted by Crippen LogP contribution is 2.24. The highest BCUT2D eigenvalue weighted by molar-refractivity contribution is 6.35. The maximum atomic E-state index is 12.1. The van der Waals surface area contributed by atoms with Crippen LogP contribution < -0.4 is 5.32 Å². The summed E-state index contributed by atoms with van der Waals surface area (Å²) in [7, 11) is 0. The molecule has 0 aliphatic heterocycles. The number of ether oxygens (including phenoxy) is 1. The molecule has 2 aromatic rings. The number of carbonyl (C=O) groups is 2. The Morgan fingerprint density at radius 3 is 2.42 bits per heavy atom. The number of carbonyl (C=O) groups excluding carboxylic acids is 2. The number of phenolic OH excluding ortho intramolecular Hbond substituents is 1. The van der Waals surface area contributed by atoms with Crippen LogP contribution in [0, 0.1) is 6.92 Å². The molecule has 1 atom stereocenters. The summed E-state index contributed by atoms with van der Waals surface area (Å²) in [5, 5.41) is 13.2. The predicted molar refractivity (Wildman–Crippen MR) is 92.8 cm³/mol. The number of benzene rings is 2. The second kappa shape index (κ2) is 7.55. The van der Waals surface area contributed by atoms with E-state index in [0.29, 0.717) is 21.3 Å². The monoisotopic (exact) mass is 367 g/mol. The van der Waals surface area contributed by atoms with Gasteiger partial charge in [-0.2, -0.15) is 0 Å². The molecule has 2 rings (SSSR count). The number of nitrogens with one attached hydrogen (secondary N) is 1. The Balaban J connectivity index is 2.05. The summed E-state index contributed by atoms with van der Waals surface area (Å²) in [6.45, 7) is 3.08. The van der Waals surface area contributed by atoms with Crippen molar-refractivity contribution in [2.75, 3.05) is 5.32 Å². The Bertz CT molecular complexity index is 772. The second-order valence-corrected chi connectivity index (χ2v) is 6.04. The van der Waals surface area contributed by atoms with Crippen molar-refractivity contribution in [2.24, 2.45) is 0 Å². The lowest BCUT2D eigenvalue weighted by atomic mass is 10.1. The van der Waals surface area contributed by atoms with E-state index in [-0.39, 0.29) is 11.3 Å². The first-order valence-corrected chi connectivity index (χ1v) is 7.80. The molecular formula is C17H15Cl2NO4. The maximum absolute atomic E-state index is 12.1. The first kappa shape index (κ1) is 18.1. The van der Waals surface area contributed by atoms with Gasteiger partial charge < -0.3 is 15.2 Å². The number of hydrogen-bond acceptors (Lipinski definition) is 4. The number of para-hydroxylation sites is 1. The first-order valence-electron chi connectivity index (χ1n) is 7.04. The van der Waals surface area contributed by atoms with E-state index in [1.165, 1.54) is 31.2 Å². The molecule has 0 aliphatic carbocycles. The smallest absolute Gasteiger partial charge is 0.342 e. The summed E-state index contributed by atoms with van der Waals surface area (Å²) < 4.78 is 5.09. The molecule has 5 nitrogen and oxygen atoms in total. The number of rotatable bonds is 4. The van der Waals surface area contributed by atoms with E-state index in [4.69, 9.17) is 27.9 Å². The van der Waals surface area contributed by atoms with Gasteiger partial charge in [0, 0.05) is 15.7 Å². The largest absolute Gasteiger partial charge is 0.507 e. The quantitative estimate of drug-likeness (QED) is 0.794. The van der Waals surface area contributed by atoms with Crippen LogP contribution in [0.5, 0.6) is 5.75 Å². The molecule has 2 aromatic carbocycles. The SMILES string of the molecule is Cc1cccc(C(=O)OC(C)C(=O)Nc2cc(Cl)cc(Cl)c2)c1O. The Morgan fingerprint density at radius 1 is 1.17 bits per heavy atom. The zero-order valence-electron chi connectivity index (χ0n) is 13.0. The van der Waals surface area contributed by atoms with Gasteiger partial charge in [-0.1, -0.05) is 35.3 Å². The van der Waals surface area contributed by atoms with Gasteiger partial charge in [-0.3, -0.25) is 4.79 Å². The minimum absolute atomic E-state index is 0.000417. The fourth-order valence-electron chi connectivity index (χ4n) is 1.97. The zero-order chi connectivity index (χ0) is 17.9. The normalized spacial score (nSPS) is 11.7. The van der Waals surface area contributed by atoms with E-state index in [9.17, 15) is 14.7 Å². The average molecular weight is 368 g/mol. The number of amides is 1. The fraction of sp³-hybridized carbons (Fsp3) is 0.176. The van der Waals surface area contributed by atoms with E-state index in [0.717, 1.165) is 0 Å². The number of esters is 1. The summed E-state index contributed by atoms with van der Waals surface area (Å²) in [4.78, 5) is 24.2. The molecule has 0 radical (unpaired) electrons. The van der Waals surface area contributed by atoms with E-state index < -0.39 is 18.0 Å². The number of halogens is 2. The third-order valence-corrected chi connectivity index (χ3v) is 3.68. The van der Waals surface area contributed by atoms with Gasteiger partial charge in [0.25, 0.3) is 5.91 Å². The van der Waals surface area contributed by atoms with E-state index in [1.54, 1.807) is 19.1 Å². The topological polar surface area (TPSA) is 75.6 Å². The van der Waals surface area contributed by atoms with Crippen LogP contribution in [0.25, 0.3) is 0 Å². The third kappa shape index (κ3) is 4.40. The molecule has 7 heteroatoms. The molecule has 0 saturated carbocycles. The minimum atomic E-state index is -1.07. The molecule has 0 aromatic heterocycles. The van der Waals surface area contributed by atoms with Crippen LogP contribution in [0.15, 0.2) is 36.4 Å². The van der Waals surface area contributed by atoms with Crippen LogP contribution in [-0.2, 0) is 9.53 Å². The molecule has 0 fully saturated rings. The van der Waals surface area contributed by atoms with Crippen LogP contribution in [0.1, 0.15) is 22.8 Å². The Hall–Kier alpha value is -2.24. The van der Waals surface area contributed by atoms with Crippen LogP contribution in [0.4, 0.5) is 5.69 Å². The summed E-state index contributed by atoms with van der Waals surface area (Å²) in [6, 6.07) is 9.27. The van der Waals surface area contributed by atoms with Crippen molar-refractivity contribution in [3.8, 4) is 5.75 Å². The highest BCUT2D eigenvalue weighted by atomic mass is 35.5. The number of hydrogen-bond donors (Lipinski definition) is 2. The molecule has 2 N–H and O–H groups in total. The van der Waals surface area contributed by atoms with E-state index in [1.807, 2.05) is 0 Å². The fourth-order valence-corrected chi connectivity index (χ4v) is 2.50. The highest BCUT2D eigenvalue weighted by Gasteiger charge is 2.21. The summed E-state index contributed by atoms with van der Waals surface area (Å²) in [6.07, 6.45) is -1.07. The third-order valence-electron chi connectivity index (χ3n) is 3.24. The van der Waals surface area contributed by atoms with Gasteiger partial charge in [-0.15, -0.1) is 0 Å². The van der Waals surface area contributed by atoms with Crippen molar-refractivity contribution in [2.45, 2.75) is 20.0 Å². The standard InChI is InChI=1S/C17H15Cl2NO4/c1-9-4-3-5-14(15(9)21)17(23)24-10(2)16(22)20-13-7-11(18)6-12(19)8-13/h3-8,10,21H,1-2H3,(H,20,22). The van der Waals surface area contributed by atoms with Crippen molar-refractivity contribution in [3.63, 3.8) is 0 Å². The van der Waals surface area contributed by atoms with Crippen molar-refractivity contribution < 1.29 is 19.4 Å². The van der Waals surface area contributed by atoms with Gasteiger partial charge in [0.2, 0.25) is 0 Å². The molecule has 1 amide bonds. The van der Waals surface area contributed by atoms with Gasteiger partial charge in [0.15, 0.2) is 6.10 Å². The molecule has 1 unspecified atom stereocenters. The lowest BCUT2D eigenvalue weighted by Crippen LogP contribution is -2.30. The molecule has 0 aliphatic rings. The van der Waals surface area contributed by atoms with Crippen LogP contribution in [0.3, 0.4) is 0 Å². The lowest BCUT2D eigenvalue weighted by molar-refractivity contribution is -0.123. The van der Waals surface area contributed by atoms with Crippen LogP contribution in [0.2, 0.25) is 10.0 Å². The van der Waals surface area contributed by atoms with Gasteiger partial charge >= 0.3 is 5.97 Å². The van der Waals surface area contributed by atoms with Crippen molar-refractivity contribution in [3.05, 3.63) is 57.6 Å². The number of aryl methyl sites for hydroxylation is 1. The summed E-state index contributed by atoms with van der Waals surface area (Å²) in [5.41, 5.74) is 0.925. The number of phenols is 1. The molecule has 126 valence electrons. The second-order valence-electron chi connectivity index (χ2n) is 5.17. The minimum Gasteiger partial charge on any atom is -0.507 e. The van der Waals surface area contributed by atoms with Gasteiger partial charge in [0.1, 0.15) is 11.3 Å². The zero-order valence-corrected chi connectivity index (χ0v) is 14.5. The Morgan fingerprint density at radius 2 is 1.79 bits per heavy atom. The van der Waals surface area contributed by atoms with Crippen molar-refractivity contribution in [1.82, 2.24) is 0 Å².